The van der Waals surface area contributed by atoms with Crippen LogP contribution in [0.2, 0.25) is 0 Å². The molecule has 4 heteroatoms. The van der Waals surface area contributed by atoms with Crippen molar-refractivity contribution >= 4 is 87.4 Å². The van der Waals surface area contributed by atoms with E-state index in [2.05, 4.69) is 226 Å². The Bertz CT molecular complexity index is 4140. The maximum absolute atomic E-state index is 6.24. The molecule has 14 rings (SSSR count). The number of benzene rings is 10. The van der Waals surface area contributed by atoms with Crippen molar-refractivity contribution in [3.8, 4) is 39.3 Å². The number of furan rings is 1. The molecule has 0 bridgehead atoms. The number of hydrogen-bond donors (Lipinski definition) is 0. The highest BCUT2D eigenvalue weighted by Gasteiger charge is 2.19. The van der Waals surface area contributed by atoms with Gasteiger partial charge in [0, 0.05) is 60.2 Å². The van der Waals surface area contributed by atoms with Gasteiger partial charge in [0.15, 0.2) is 0 Å². The summed E-state index contributed by atoms with van der Waals surface area (Å²) in [6, 6.07) is 81.8. The molecule has 0 aliphatic carbocycles. The fraction of sp³-hybridized carbons (Fsp3) is 0. The monoisotopic (exact) mass is 815 g/mol. The Morgan fingerprint density at radius 2 is 0.641 bits per heavy atom. The van der Waals surface area contributed by atoms with E-state index in [0.717, 1.165) is 61.2 Å². The van der Waals surface area contributed by atoms with Gasteiger partial charge in [0.2, 0.25) is 0 Å². The topological polar surface area (TPSA) is 27.9 Å². The Morgan fingerprint density at radius 1 is 0.219 bits per heavy atom. The zero-order valence-electron chi connectivity index (χ0n) is 34.6. The van der Waals surface area contributed by atoms with Crippen molar-refractivity contribution in [1.82, 2.24) is 13.7 Å². The number of fused-ring (bicyclic) bond motifs is 12. The third kappa shape index (κ3) is 5.11. The summed E-state index contributed by atoms with van der Waals surface area (Å²) in [5.41, 5.74) is 17.0. The van der Waals surface area contributed by atoms with Crippen LogP contribution in [0.15, 0.2) is 229 Å². The van der Waals surface area contributed by atoms with Crippen LogP contribution in [-0.2, 0) is 0 Å². The van der Waals surface area contributed by atoms with E-state index in [1.807, 2.05) is 12.1 Å². The van der Waals surface area contributed by atoms with Gasteiger partial charge in [-0.05, 0) is 125 Å². The Morgan fingerprint density at radius 3 is 1.20 bits per heavy atom. The van der Waals surface area contributed by atoms with E-state index < -0.39 is 0 Å². The quantitative estimate of drug-likeness (QED) is 0.170. The van der Waals surface area contributed by atoms with Gasteiger partial charge in [-0.1, -0.05) is 121 Å². The SMILES string of the molecule is c1ccc(-n2c3ccccc3c3cc(-c4cc(-c5ccc6c(c5)c5ccccc5n6-c5ccc6oc7ccccc7c6c5)cc(-n5c6ccccc6c6ccccc65)c4)ccc32)cc1. The van der Waals surface area contributed by atoms with Crippen LogP contribution in [-0.4, -0.2) is 13.7 Å². The van der Waals surface area contributed by atoms with Crippen LogP contribution in [0.1, 0.15) is 0 Å². The standard InChI is InChI=1S/C60H37N3O/c1-2-14-42(15-3-1)61-55-23-11-6-18-47(55)50-35-38(26-29-57(50)61)40-32-41(34-44(33-40)63-53-21-9-4-16-45(53)46-17-5-10-22-54(46)63)39-27-30-58-51(36-39)48-19-7-12-24-56(48)62(58)43-28-31-60-52(37-43)49-20-8-13-25-59(49)64-60/h1-37H. The number of para-hydroxylation sites is 6. The van der Waals surface area contributed by atoms with E-state index in [9.17, 15) is 0 Å². The van der Waals surface area contributed by atoms with Crippen LogP contribution in [0.25, 0.3) is 127 Å². The van der Waals surface area contributed by atoms with E-state index in [-0.39, 0.29) is 0 Å². The van der Waals surface area contributed by atoms with Gasteiger partial charge in [0.05, 0.1) is 33.1 Å². The van der Waals surface area contributed by atoms with Gasteiger partial charge in [-0.3, -0.25) is 0 Å². The Labute approximate surface area is 367 Å². The molecule has 0 N–H and O–H groups in total. The molecule has 0 unspecified atom stereocenters. The zero-order valence-corrected chi connectivity index (χ0v) is 34.6. The molecule has 4 aromatic heterocycles. The van der Waals surface area contributed by atoms with Crippen LogP contribution in [0, 0.1) is 0 Å². The van der Waals surface area contributed by atoms with Gasteiger partial charge in [-0.25, -0.2) is 0 Å². The summed E-state index contributed by atoms with van der Waals surface area (Å²) < 4.78 is 13.5. The van der Waals surface area contributed by atoms with Gasteiger partial charge in [0.25, 0.3) is 0 Å². The molecule has 10 aromatic carbocycles. The van der Waals surface area contributed by atoms with Gasteiger partial charge < -0.3 is 18.1 Å². The minimum atomic E-state index is 0.896. The molecule has 0 amide bonds. The third-order valence-electron chi connectivity index (χ3n) is 13.4. The lowest BCUT2D eigenvalue weighted by atomic mass is 9.96. The molecule has 0 saturated carbocycles. The van der Waals surface area contributed by atoms with Crippen molar-refractivity contribution in [3.63, 3.8) is 0 Å². The Kier molecular flexibility index (Phi) is 7.36. The average molecular weight is 816 g/mol. The molecule has 4 heterocycles. The molecule has 0 saturated heterocycles. The number of rotatable bonds is 5. The minimum Gasteiger partial charge on any atom is -0.456 e. The maximum Gasteiger partial charge on any atom is 0.135 e. The first-order chi connectivity index (χ1) is 31.7. The minimum absolute atomic E-state index is 0.896. The zero-order chi connectivity index (χ0) is 41.9. The fourth-order valence-corrected chi connectivity index (χ4v) is 10.6. The lowest BCUT2D eigenvalue weighted by Crippen LogP contribution is -1.96. The van der Waals surface area contributed by atoms with Crippen LogP contribution in [0.5, 0.6) is 0 Å². The first kappa shape index (κ1) is 35.0. The number of aromatic nitrogens is 3. The Hall–Kier alpha value is -8.60. The molecular weight excluding hydrogens is 779 g/mol. The van der Waals surface area contributed by atoms with Gasteiger partial charge in [-0.2, -0.15) is 0 Å². The highest BCUT2D eigenvalue weighted by Crippen LogP contribution is 2.41. The molecular formula is C60H37N3O. The fourth-order valence-electron chi connectivity index (χ4n) is 10.6. The molecule has 0 radical (unpaired) electrons. The van der Waals surface area contributed by atoms with Crippen molar-refractivity contribution in [2.75, 3.05) is 0 Å². The van der Waals surface area contributed by atoms with E-state index >= 15 is 0 Å². The molecule has 0 spiro atoms. The van der Waals surface area contributed by atoms with E-state index in [4.69, 9.17) is 4.42 Å². The summed E-state index contributed by atoms with van der Waals surface area (Å²) in [7, 11) is 0. The second-order valence-electron chi connectivity index (χ2n) is 16.9. The maximum atomic E-state index is 6.24. The molecule has 0 atom stereocenters. The van der Waals surface area contributed by atoms with Crippen LogP contribution in [0.3, 0.4) is 0 Å². The molecule has 0 aliphatic rings. The highest BCUT2D eigenvalue weighted by atomic mass is 16.3. The first-order valence-corrected chi connectivity index (χ1v) is 21.9. The predicted molar refractivity (Wildman–Crippen MR) is 268 cm³/mol. The van der Waals surface area contributed by atoms with Crippen molar-refractivity contribution in [1.29, 1.82) is 0 Å². The average Bonchev–Trinajstić information content (AvgIpc) is 4.10. The lowest BCUT2D eigenvalue weighted by Gasteiger charge is -2.15. The summed E-state index contributed by atoms with van der Waals surface area (Å²) >= 11 is 0. The first-order valence-electron chi connectivity index (χ1n) is 21.9. The second-order valence-corrected chi connectivity index (χ2v) is 16.9. The smallest absolute Gasteiger partial charge is 0.135 e. The summed E-state index contributed by atoms with van der Waals surface area (Å²) in [6.45, 7) is 0. The van der Waals surface area contributed by atoms with E-state index in [1.165, 1.54) is 65.5 Å². The lowest BCUT2D eigenvalue weighted by molar-refractivity contribution is 0.669. The van der Waals surface area contributed by atoms with E-state index in [1.54, 1.807) is 0 Å². The van der Waals surface area contributed by atoms with Crippen molar-refractivity contribution in [3.05, 3.63) is 224 Å². The second kappa shape index (κ2) is 13.4. The number of hydrogen-bond acceptors (Lipinski definition) is 1. The van der Waals surface area contributed by atoms with E-state index in [0.29, 0.717) is 0 Å². The molecule has 0 fully saturated rings. The summed E-state index contributed by atoms with van der Waals surface area (Å²) in [6.07, 6.45) is 0. The molecule has 14 aromatic rings. The molecule has 0 aliphatic heterocycles. The normalized spacial score (nSPS) is 12.1. The predicted octanol–water partition coefficient (Wildman–Crippen LogP) is 16.2. The van der Waals surface area contributed by atoms with Crippen LogP contribution >= 0.6 is 0 Å². The summed E-state index contributed by atoms with van der Waals surface area (Å²) in [5.74, 6) is 0. The highest BCUT2D eigenvalue weighted by molar-refractivity contribution is 6.13. The van der Waals surface area contributed by atoms with Crippen LogP contribution < -0.4 is 0 Å². The Balaban J connectivity index is 1.00. The molecule has 298 valence electrons. The van der Waals surface area contributed by atoms with Crippen molar-refractivity contribution in [2.45, 2.75) is 0 Å². The van der Waals surface area contributed by atoms with Crippen LogP contribution in [0.4, 0.5) is 0 Å². The largest absolute Gasteiger partial charge is 0.456 e. The van der Waals surface area contributed by atoms with Gasteiger partial charge in [0.1, 0.15) is 11.2 Å². The third-order valence-corrected chi connectivity index (χ3v) is 13.4. The summed E-state index contributed by atoms with van der Waals surface area (Å²) in [4.78, 5) is 0. The van der Waals surface area contributed by atoms with Gasteiger partial charge in [-0.15, -0.1) is 0 Å². The molecule has 64 heavy (non-hydrogen) atoms. The number of nitrogens with zero attached hydrogens (tertiary/aromatic N) is 3. The van der Waals surface area contributed by atoms with Crippen molar-refractivity contribution < 1.29 is 4.42 Å². The van der Waals surface area contributed by atoms with Gasteiger partial charge >= 0.3 is 0 Å². The summed E-state index contributed by atoms with van der Waals surface area (Å²) in [5, 5.41) is 9.64. The molecule has 4 nitrogen and oxygen atoms in total. The van der Waals surface area contributed by atoms with Crippen molar-refractivity contribution in [2.24, 2.45) is 0 Å².